The summed E-state index contributed by atoms with van der Waals surface area (Å²) in [5, 5.41) is 0. The second-order valence-electron chi connectivity index (χ2n) is 5.05. The Bertz CT molecular complexity index is 512. The summed E-state index contributed by atoms with van der Waals surface area (Å²) in [5.74, 6) is -2.41. The van der Waals surface area contributed by atoms with E-state index in [1.807, 2.05) is 0 Å². The van der Waals surface area contributed by atoms with Crippen molar-refractivity contribution in [1.29, 1.82) is 0 Å². The Morgan fingerprint density at radius 3 is 2.30 bits per heavy atom. The SMILES string of the molecule is CN(C(=O)c1cccc(C(F)(F)F)c1F)C(C)(C)CN. The average molecular weight is 292 g/mol. The number of amides is 1. The van der Waals surface area contributed by atoms with E-state index >= 15 is 0 Å². The first-order valence-electron chi connectivity index (χ1n) is 5.86. The largest absolute Gasteiger partial charge is 0.419 e. The summed E-state index contributed by atoms with van der Waals surface area (Å²) in [7, 11) is 1.37. The topological polar surface area (TPSA) is 46.3 Å². The van der Waals surface area contributed by atoms with Gasteiger partial charge in [0.1, 0.15) is 5.82 Å². The van der Waals surface area contributed by atoms with Gasteiger partial charge in [0.25, 0.3) is 5.91 Å². The van der Waals surface area contributed by atoms with Gasteiger partial charge >= 0.3 is 6.18 Å². The molecular weight excluding hydrogens is 276 g/mol. The summed E-state index contributed by atoms with van der Waals surface area (Å²) in [4.78, 5) is 13.2. The van der Waals surface area contributed by atoms with E-state index in [1.54, 1.807) is 13.8 Å². The van der Waals surface area contributed by atoms with Gasteiger partial charge in [-0.05, 0) is 26.0 Å². The molecule has 112 valence electrons. The zero-order valence-electron chi connectivity index (χ0n) is 11.4. The fourth-order valence-corrected chi connectivity index (χ4v) is 1.51. The molecule has 0 aromatic heterocycles. The van der Waals surface area contributed by atoms with Crippen LogP contribution in [0, 0.1) is 5.82 Å². The molecule has 3 nitrogen and oxygen atoms in total. The van der Waals surface area contributed by atoms with Gasteiger partial charge in [-0.15, -0.1) is 0 Å². The molecule has 0 aliphatic heterocycles. The van der Waals surface area contributed by atoms with Gasteiger partial charge in [0.05, 0.1) is 11.1 Å². The van der Waals surface area contributed by atoms with Crippen LogP contribution in [0.5, 0.6) is 0 Å². The monoisotopic (exact) mass is 292 g/mol. The van der Waals surface area contributed by atoms with Gasteiger partial charge in [0.2, 0.25) is 0 Å². The van der Waals surface area contributed by atoms with E-state index in [2.05, 4.69) is 0 Å². The molecule has 0 aliphatic rings. The highest BCUT2D eigenvalue weighted by atomic mass is 19.4. The standard InChI is InChI=1S/C13H16F4N2O/c1-12(2,7-18)19(3)11(20)8-5-4-6-9(10(8)14)13(15,16)17/h4-6H,7,18H2,1-3H3. The number of likely N-dealkylation sites (N-methyl/N-ethyl adjacent to an activating group) is 1. The van der Waals surface area contributed by atoms with E-state index in [0.717, 1.165) is 17.0 Å². The fraction of sp³-hybridized carbons (Fsp3) is 0.462. The van der Waals surface area contributed by atoms with E-state index < -0.39 is 34.6 Å². The third-order valence-corrected chi connectivity index (χ3v) is 3.25. The molecule has 0 atom stereocenters. The Labute approximate surface area is 114 Å². The molecule has 0 unspecified atom stereocenters. The number of carbonyl (C=O) groups is 1. The van der Waals surface area contributed by atoms with Crippen LogP contribution >= 0.6 is 0 Å². The molecule has 0 spiro atoms. The third kappa shape index (κ3) is 3.09. The van der Waals surface area contributed by atoms with Gasteiger partial charge in [0, 0.05) is 19.1 Å². The van der Waals surface area contributed by atoms with E-state index in [0.29, 0.717) is 6.07 Å². The number of benzene rings is 1. The van der Waals surface area contributed by atoms with Crippen LogP contribution in [0.2, 0.25) is 0 Å². The molecule has 0 saturated carbocycles. The first-order chi connectivity index (χ1) is 9.02. The maximum Gasteiger partial charge on any atom is 0.419 e. The van der Waals surface area contributed by atoms with Crippen LogP contribution < -0.4 is 5.73 Å². The lowest BCUT2D eigenvalue weighted by molar-refractivity contribution is -0.140. The minimum Gasteiger partial charge on any atom is -0.335 e. The van der Waals surface area contributed by atoms with Crippen LogP contribution in [0.1, 0.15) is 29.8 Å². The molecule has 0 aliphatic carbocycles. The molecule has 0 saturated heterocycles. The maximum atomic E-state index is 13.9. The molecule has 20 heavy (non-hydrogen) atoms. The van der Waals surface area contributed by atoms with E-state index in [-0.39, 0.29) is 6.54 Å². The number of hydrogen-bond acceptors (Lipinski definition) is 2. The van der Waals surface area contributed by atoms with Gasteiger partial charge in [-0.1, -0.05) is 6.07 Å². The lowest BCUT2D eigenvalue weighted by Gasteiger charge is -2.34. The number of halogens is 4. The molecule has 1 aromatic rings. The summed E-state index contributed by atoms with van der Waals surface area (Å²) in [6.45, 7) is 3.36. The van der Waals surface area contributed by atoms with Gasteiger partial charge in [0.15, 0.2) is 0 Å². The van der Waals surface area contributed by atoms with Crippen LogP contribution in [0.15, 0.2) is 18.2 Å². The molecule has 1 rings (SSSR count). The second-order valence-corrected chi connectivity index (χ2v) is 5.05. The van der Waals surface area contributed by atoms with Crippen molar-refractivity contribution < 1.29 is 22.4 Å². The van der Waals surface area contributed by atoms with Gasteiger partial charge in [-0.25, -0.2) is 4.39 Å². The normalized spacial score (nSPS) is 12.4. The van der Waals surface area contributed by atoms with E-state index in [9.17, 15) is 22.4 Å². The predicted molar refractivity (Wildman–Crippen MR) is 66.6 cm³/mol. The quantitative estimate of drug-likeness (QED) is 0.871. The van der Waals surface area contributed by atoms with Crippen molar-refractivity contribution in [2.45, 2.75) is 25.6 Å². The minimum absolute atomic E-state index is 0.0931. The molecule has 1 amide bonds. The summed E-state index contributed by atoms with van der Waals surface area (Å²) >= 11 is 0. The summed E-state index contributed by atoms with van der Waals surface area (Å²) in [6, 6.07) is 2.62. The second kappa shape index (κ2) is 5.40. The number of hydrogen-bond donors (Lipinski definition) is 1. The Morgan fingerprint density at radius 2 is 1.85 bits per heavy atom. The Hall–Kier alpha value is -1.63. The first-order valence-corrected chi connectivity index (χ1v) is 5.86. The number of alkyl halides is 3. The summed E-state index contributed by atoms with van der Waals surface area (Å²) in [5.41, 5.74) is 2.62. The molecule has 2 N–H and O–H groups in total. The Balaban J connectivity index is 3.25. The maximum absolute atomic E-state index is 13.9. The fourth-order valence-electron chi connectivity index (χ4n) is 1.51. The first kappa shape index (κ1) is 16.4. The minimum atomic E-state index is -4.84. The molecule has 0 fully saturated rings. The number of nitrogens with two attached hydrogens (primary N) is 1. The molecular formula is C13H16F4N2O. The third-order valence-electron chi connectivity index (χ3n) is 3.25. The summed E-state index contributed by atoms with van der Waals surface area (Å²) < 4.78 is 51.7. The van der Waals surface area contributed by atoms with Gasteiger partial charge < -0.3 is 10.6 Å². The van der Waals surface area contributed by atoms with Crippen molar-refractivity contribution >= 4 is 5.91 Å². The van der Waals surface area contributed by atoms with Crippen molar-refractivity contribution in [2.24, 2.45) is 5.73 Å². The highest BCUT2D eigenvalue weighted by Gasteiger charge is 2.37. The lowest BCUT2D eigenvalue weighted by atomic mass is 10.0. The highest BCUT2D eigenvalue weighted by Crippen LogP contribution is 2.32. The molecule has 0 heterocycles. The van der Waals surface area contributed by atoms with Crippen molar-refractivity contribution in [3.05, 3.63) is 35.1 Å². The van der Waals surface area contributed by atoms with E-state index in [4.69, 9.17) is 5.73 Å². The number of carbonyl (C=O) groups excluding carboxylic acids is 1. The van der Waals surface area contributed by atoms with Gasteiger partial charge in [-0.3, -0.25) is 4.79 Å². The molecule has 7 heteroatoms. The zero-order valence-corrected chi connectivity index (χ0v) is 11.4. The lowest BCUT2D eigenvalue weighted by Crippen LogP contribution is -2.50. The zero-order chi connectivity index (χ0) is 15.7. The van der Waals surface area contributed by atoms with Gasteiger partial charge in [-0.2, -0.15) is 13.2 Å². The van der Waals surface area contributed by atoms with E-state index in [1.165, 1.54) is 7.05 Å². The Kier molecular flexibility index (Phi) is 4.43. The van der Waals surface area contributed by atoms with Crippen LogP contribution in [0.4, 0.5) is 17.6 Å². The van der Waals surface area contributed by atoms with Crippen LogP contribution in [0.3, 0.4) is 0 Å². The van der Waals surface area contributed by atoms with Crippen LogP contribution in [-0.4, -0.2) is 29.9 Å². The van der Waals surface area contributed by atoms with Crippen molar-refractivity contribution in [1.82, 2.24) is 4.90 Å². The average Bonchev–Trinajstić information content (AvgIpc) is 2.35. The predicted octanol–water partition coefficient (Wildman–Crippen LogP) is 2.65. The number of rotatable bonds is 3. The smallest absolute Gasteiger partial charge is 0.335 e. The summed E-state index contributed by atoms with van der Waals surface area (Å²) in [6.07, 6.45) is -4.84. The van der Waals surface area contributed by atoms with Crippen LogP contribution in [0.25, 0.3) is 0 Å². The highest BCUT2D eigenvalue weighted by molar-refractivity contribution is 5.95. The molecule has 1 aromatic carbocycles. The van der Waals surface area contributed by atoms with Crippen molar-refractivity contribution in [3.63, 3.8) is 0 Å². The Morgan fingerprint density at radius 1 is 1.30 bits per heavy atom. The molecule has 0 bridgehead atoms. The van der Waals surface area contributed by atoms with Crippen molar-refractivity contribution in [2.75, 3.05) is 13.6 Å². The van der Waals surface area contributed by atoms with Crippen molar-refractivity contribution in [3.8, 4) is 0 Å². The van der Waals surface area contributed by atoms with Crippen LogP contribution in [-0.2, 0) is 6.18 Å². The number of nitrogens with zero attached hydrogens (tertiary/aromatic N) is 1. The molecule has 0 radical (unpaired) electrons.